The second kappa shape index (κ2) is 6.50. The predicted octanol–water partition coefficient (Wildman–Crippen LogP) is 3.89. The summed E-state index contributed by atoms with van der Waals surface area (Å²) in [6, 6.07) is 10.3. The molecule has 0 radical (unpaired) electrons. The predicted molar refractivity (Wildman–Crippen MR) is 76.2 cm³/mol. The number of thioether (sulfide) groups is 1. The van der Waals surface area contributed by atoms with Crippen molar-refractivity contribution in [3.05, 3.63) is 41.8 Å². The average Bonchev–Trinajstić information content (AvgIpc) is 2.70. The molecule has 1 heterocycles. The van der Waals surface area contributed by atoms with Crippen LogP contribution in [0.5, 0.6) is 0 Å². The van der Waals surface area contributed by atoms with Crippen LogP contribution in [0.15, 0.2) is 40.0 Å². The molecule has 0 unspecified atom stereocenters. The number of benzene rings is 1. The van der Waals surface area contributed by atoms with E-state index in [0.717, 1.165) is 35.4 Å². The van der Waals surface area contributed by atoms with Gasteiger partial charge in [-0.1, -0.05) is 30.0 Å². The van der Waals surface area contributed by atoms with Crippen LogP contribution in [0.1, 0.15) is 17.9 Å². The summed E-state index contributed by atoms with van der Waals surface area (Å²) in [7, 11) is 0. The van der Waals surface area contributed by atoms with Gasteiger partial charge in [-0.3, -0.25) is 0 Å². The zero-order chi connectivity index (χ0) is 12.8. The van der Waals surface area contributed by atoms with Gasteiger partial charge >= 0.3 is 0 Å². The molecule has 0 fully saturated rings. The number of hydrogen-bond donors (Lipinski definition) is 1. The molecule has 2 rings (SSSR count). The highest BCUT2D eigenvalue weighted by molar-refractivity contribution is 7.99. The van der Waals surface area contributed by atoms with Gasteiger partial charge in [-0.2, -0.15) is 0 Å². The Balaban J connectivity index is 1.64. The summed E-state index contributed by atoms with van der Waals surface area (Å²) in [5.41, 5.74) is 2.16. The van der Waals surface area contributed by atoms with Gasteiger partial charge in [0.05, 0.1) is 5.69 Å². The van der Waals surface area contributed by atoms with Crippen LogP contribution >= 0.6 is 11.8 Å². The maximum Gasteiger partial charge on any atom is 0.256 e. The van der Waals surface area contributed by atoms with Crippen LogP contribution in [-0.4, -0.2) is 17.3 Å². The summed E-state index contributed by atoms with van der Waals surface area (Å²) in [6.45, 7) is 4.89. The van der Waals surface area contributed by atoms with Crippen molar-refractivity contribution in [3.8, 4) is 0 Å². The SMILES string of the molecule is Cc1nc(SCCCNc2ccccc2)oc1C. The van der Waals surface area contributed by atoms with Crippen molar-refractivity contribution in [2.45, 2.75) is 25.5 Å². The Labute approximate surface area is 112 Å². The quantitative estimate of drug-likeness (QED) is 0.633. The first-order valence-electron chi connectivity index (χ1n) is 6.11. The molecule has 0 spiro atoms. The molecule has 4 heteroatoms. The number of oxazole rings is 1. The zero-order valence-corrected chi connectivity index (χ0v) is 11.6. The maximum atomic E-state index is 5.51. The van der Waals surface area contributed by atoms with Gasteiger partial charge in [-0.15, -0.1) is 0 Å². The van der Waals surface area contributed by atoms with E-state index in [0.29, 0.717) is 0 Å². The van der Waals surface area contributed by atoms with E-state index in [1.807, 2.05) is 32.0 Å². The molecule has 0 amide bonds. The average molecular weight is 262 g/mol. The molecule has 0 aliphatic carbocycles. The lowest BCUT2D eigenvalue weighted by Gasteiger charge is -2.04. The molecule has 1 aromatic carbocycles. The summed E-state index contributed by atoms with van der Waals surface area (Å²) in [6.07, 6.45) is 1.08. The van der Waals surface area contributed by atoms with Crippen LogP contribution in [0.2, 0.25) is 0 Å². The van der Waals surface area contributed by atoms with Gasteiger partial charge in [-0.25, -0.2) is 4.98 Å². The molecule has 0 saturated carbocycles. The monoisotopic (exact) mass is 262 g/mol. The molecule has 0 bridgehead atoms. The lowest BCUT2D eigenvalue weighted by Crippen LogP contribution is -2.02. The van der Waals surface area contributed by atoms with Crippen LogP contribution in [0, 0.1) is 13.8 Å². The Bertz CT molecular complexity index is 462. The Morgan fingerprint density at radius 3 is 2.67 bits per heavy atom. The summed E-state index contributed by atoms with van der Waals surface area (Å²) in [4.78, 5) is 4.34. The van der Waals surface area contributed by atoms with Crippen molar-refractivity contribution in [1.82, 2.24) is 4.98 Å². The fourth-order valence-corrected chi connectivity index (χ4v) is 2.37. The molecule has 0 aliphatic rings. The molecule has 0 aliphatic heterocycles. The maximum absolute atomic E-state index is 5.51. The fraction of sp³-hybridized carbons (Fsp3) is 0.357. The van der Waals surface area contributed by atoms with Crippen molar-refractivity contribution in [2.75, 3.05) is 17.6 Å². The van der Waals surface area contributed by atoms with Crippen molar-refractivity contribution in [2.24, 2.45) is 0 Å². The van der Waals surface area contributed by atoms with Crippen molar-refractivity contribution in [3.63, 3.8) is 0 Å². The molecule has 3 nitrogen and oxygen atoms in total. The van der Waals surface area contributed by atoms with E-state index in [-0.39, 0.29) is 0 Å². The highest BCUT2D eigenvalue weighted by Gasteiger charge is 2.05. The van der Waals surface area contributed by atoms with E-state index in [1.165, 1.54) is 5.69 Å². The van der Waals surface area contributed by atoms with Gasteiger partial charge in [0.1, 0.15) is 5.76 Å². The molecule has 1 N–H and O–H groups in total. The van der Waals surface area contributed by atoms with E-state index in [9.17, 15) is 0 Å². The number of anilines is 1. The molecular weight excluding hydrogens is 244 g/mol. The largest absolute Gasteiger partial charge is 0.437 e. The molecule has 0 atom stereocenters. The minimum Gasteiger partial charge on any atom is -0.437 e. The molecule has 18 heavy (non-hydrogen) atoms. The topological polar surface area (TPSA) is 38.1 Å². The Morgan fingerprint density at radius 1 is 1.22 bits per heavy atom. The minimum atomic E-state index is 0.782. The summed E-state index contributed by atoms with van der Waals surface area (Å²) < 4.78 is 5.51. The number of hydrogen-bond acceptors (Lipinski definition) is 4. The van der Waals surface area contributed by atoms with Crippen LogP contribution in [0.3, 0.4) is 0 Å². The molecule has 1 aromatic heterocycles. The number of nitrogens with zero attached hydrogens (tertiary/aromatic N) is 1. The number of nitrogens with one attached hydrogen (secondary N) is 1. The summed E-state index contributed by atoms with van der Waals surface area (Å²) >= 11 is 1.67. The van der Waals surface area contributed by atoms with Gasteiger partial charge < -0.3 is 9.73 Å². The number of rotatable bonds is 6. The van der Waals surface area contributed by atoms with E-state index in [1.54, 1.807) is 11.8 Å². The van der Waals surface area contributed by atoms with Crippen molar-refractivity contribution < 1.29 is 4.42 Å². The van der Waals surface area contributed by atoms with Crippen LogP contribution in [0.4, 0.5) is 5.69 Å². The van der Waals surface area contributed by atoms with Gasteiger partial charge in [0.2, 0.25) is 0 Å². The Morgan fingerprint density at radius 2 is 2.00 bits per heavy atom. The highest BCUT2D eigenvalue weighted by Crippen LogP contribution is 2.20. The summed E-state index contributed by atoms with van der Waals surface area (Å²) in [5, 5.41) is 4.17. The van der Waals surface area contributed by atoms with Crippen LogP contribution < -0.4 is 5.32 Å². The fourth-order valence-electron chi connectivity index (χ4n) is 1.53. The standard InChI is InChI=1S/C14H18N2OS/c1-11-12(2)17-14(16-11)18-10-6-9-15-13-7-4-3-5-8-13/h3-5,7-8,15H,6,9-10H2,1-2H3. The van der Waals surface area contributed by atoms with E-state index < -0.39 is 0 Å². The lowest BCUT2D eigenvalue weighted by molar-refractivity contribution is 0.431. The Hall–Kier alpha value is -1.42. The van der Waals surface area contributed by atoms with E-state index in [2.05, 4.69) is 22.4 Å². The molecule has 96 valence electrons. The second-order valence-corrected chi connectivity index (χ2v) is 5.16. The molecular formula is C14H18N2OS. The molecule has 2 aromatic rings. The van der Waals surface area contributed by atoms with Crippen LogP contribution in [0.25, 0.3) is 0 Å². The van der Waals surface area contributed by atoms with Crippen molar-refractivity contribution in [1.29, 1.82) is 0 Å². The number of aromatic nitrogens is 1. The first-order valence-corrected chi connectivity index (χ1v) is 7.10. The zero-order valence-electron chi connectivity index (χ0n) is 10.8. The second-order valence-electron chi connectivity index (χ2n) is 4.12. The van der Waals surface area contributed by atoms with E-state index in [4.69, 9.17) is 4.42 Å². The van der Waals surface area contributed by atoms with E-state index >= 15 is 0 Å². The smallest absolute Gasteiger partial charge is 0.256 e. The minimum absolute atomic E-state index is 0.782. The van der Waals surface area contributed by atoms with Gasteiger partial charge in [0.15, 0.2) is 0 Å². The first-order chi connectivity index (χ1) is 8.75. The van der Waals surface area contributed by atoms with Gasteiger partial charge in [0.25, 0.3) is 5.22 Å². The number of para-hydroxylation sites is 1. The van der Waals surface area contributed by atoms with Gasteiger partial charge in [-0.05, 0) is 32.4 Å². The third kappa shape index (κ3) is 3.81. The van der Waals surface area contributed by atoms with Crippen molar-refractivity contribution >= 4 is 17.4 Å². The summed E-state index contributed by atoms with van der Waals surface area (Å²) in [5.74, 6) is 1.93. The third-order valence-corrected chi connectivity index (χ3v) is 3.57. The third-order valence-electron chi connectivity index (χ3n) is 2.66. The lowest BCUT2D eigenvalue weighted by atomic mass is 10.3. The first kappa shape index (κ1) is 13.0. The Kier molecular flexibility index (Phi) is 4.70. The highest BCUT2D eigenvalue weighted by atomic mass is 32.2. The van der Waals surface area contributed by atoms with Crippen LogP contribution in [-0.2, 0) is 0 Å². The van der Waals surface area contributed by atoms with Gasteiger partial charge in [0, 0.05) is 18.0 Å². The number of aryl methyl sites for hydroxylation is 2. The normalized spacial score (nSPS) is 10.6. The molecule has 0 saturated heterocycles.